The first kappa shape index (κ1) is 24.7. The van der Waals surface area contributed by atoms with Crippen LogP contribution in [0.4, 0.5) is 0 Å². The molecule has 6 nitrogen and oxygen atoms in total. The lowest BCUT2D eigenvalue weighted by molar-refractivity contribution is -0.143. The van der Waals surface area contributed by atoms with Crippen LogP contribution in [0, 0.1) is 0 Å². The molecule has 4 rings (SSSR count). The van der Waals surface area contributed by atoms with E-state index in [1.165, 1.54) is 16.9 Å². The van der Waals surface area contributed by atoms with Gasteiger partial charge in [-0.05, 0) is 61.6 Å². The second-order valence-corrected chi connectivity index (χ2v) is 10.1. The van der Waals surface area contributed by atoms with Crippen molar-refractivity contribution < 1.29 is 14.3 Å². The molecule has 0 aliphatic carbocycles. The third kappa shape index (κ3) is 5.00. The Kier molecular flexibility index (Phi) is 7.08. The van der Waals surface area contributed by atoms with Crippen molar-refractivity contribution in [3.05, 3.63) is 96.2 Å². The Morgan fingerprint density at radius 2 is 1.71 bits per heavy atom. The van der Waals surface area contributed by atoms with Crippen molar-refractivity contribution in [2.45, 2.75) is 52.7 Å². The first-order chi connectivity index (χ1) is 16.7. The first-order valence-electron chi connectivity index (χ1n) is 11.7. The van der Waals surface area contributed by atoms with Gasteiger partial charge in [0, 0.05) is 0 Å². The largest absolute Gasteiger partial charge is 0.497 e. The highest BCUT2D eigenvalue weighted by atomic mass is 32.1. The number of ether oxygens (including phenoxy) is 2. The minimum Gasteiger partial charge on any atom is -0.497 e. The fourth-order valence-electron chi connectivity index (χ4n) is 4.09. The van der Waals surface area contributed by atoms with Crippen LogP contribution < -0.4 is 19.6 Å². The topological polar surface area (TPSA) is 69.9 Å². The van der Waals surface area contributed by atoms with Crippen molar-refractivity contribution >= 4 is 23.4 Å². The highest BCUT2D eigenvalue weighted by Gasteiger charge is 2.33. The highest BCUT2D eigenvalue weighted by Crippen LogP contribution is 2.31. The number of methoxy groups -OCH3 is 1. The number of thiazole rings is 1. The average molecular weight is 491 g/mol. The van der Waals surface area contributed by atoms with Gasteiger partial charge >= 0.3 is 5.97 Å². The molecule has 7 heteroatoms. The smallest absolute Gasteiger partial charge is 0.338 e. The van der Waals surface area contributed by atoms with E-state index in [1.807, 2.05) is 42.5 Å². The summed E-state index contributed by atoms with van der Waals surface area (Å²) in [5, 5.41) is 0. The summed E-state index contributed by atoms with van der Waals surface area (Å²) in [6, 6.07) is 14.9. The molecule has 0 bridgehead atoms. The summed E-state index contributed by atoms with van der Waals surface area (Å²) in [4.78, 5) is 32.0. The van der Waals surface area contributed by atoms with Crippen LogP contribution >= 0.6 is 11.3 Å². The molecule has 182 valence electrons. The first-order valence-corrected chi connectivity index (χ1v) is 12.5. The molecular weight excluding hydrogens is 460 g/mol. The summed E-state index contributed by atoms with van der Waals surface area (Å²) in [7, 11) is 1.60. The Labute approximate surface area is 208 Å². The fraction of sp³-hybridized carbons (Fsp3) is 0.321. The van der Waals surface area contributed by atoms with Gasteiger partial charge in [0.1, 0.15) is 5.75 Å². The number of esters is 1. The maximum Gasteiger partial charge on any atom is 0.338 e. The summed E-state index contributed by atoms with van der Waals surface area (Å²) in [5.74, 6) is 0.657. The minimum absolute atomic E-state index is 0.190. The second kappa shape index (κ2) is 10.0. The van der Waals surface area contributed by atoms with Gasteiger partial charge in [-0.25, -0.2) is 9.79 Å². The predicted molar refractivity (Wildman–Crippen MR) is 139 cm³/mol. The van der Waals surface area contributed by atoms with E-state index in [2.05, 4.69) is 31.0 Å². The van der Waals surface area contributed by atoms with Crippen molar-refractivity contribution in [2.24, 2.45) is 4.99 Å². The van der Waals surface area contributed by atoms with E-state index in [9.17, 15) is 9.59 Å². The van der Waals surface area contributed by atoms with E-state index < -0.39 is 12.0 Å². The lowest BCUT2D eigenvalue weighted by atomic mass is 9.96. The van der Waals surface area contributed by atoms with Gasteiger partial charge in [0.05, 0.1) is 35.1 Å². The molecule has 0 spiro atoms. The maximum absolute atomic E-state index is 13.7. The molecule has 0 fully saturated rings. The van der Waals surface area contributed by atoms with E-state index in [-0.39, 0.29) is 11.7 Å². The summed E-state index contributed by atoms with van der Waals surface area (Å²) in [6.45, 7) is 9.69. The standard InChI is InChI=1S/C28H30N2O4S/c1-16(2)20-9-7-19(8-10-20)15-23-26(31)30-25(21-11-13-22(33-6)14-12-21)24(27(32)34-17(3)4)18(5)29-28(30)35-23/h7-17,25H,1-6H3/b23-15+/t25-/m1/s1. The van der Waals surface area contributed by atoms with Crippen LogP contribution in [0.5, 0.6) is 5.75 Å². The quantitative estimate of drug-likeness (QED) is 0.483. The van der Waals surface area contributed by atoms with E-state index in [0.29, 0.717) is 32.3 Å². The molecule has 2 aromatic carbocycles. The molecule has 35 heavy (non-hydrogen) atoms. The number of aromatic nitrogens is 1. The molecule has 3 aromatic rings. The van der Waals surface area contributed by atoms with E-state index in [0.717, 1.165) is 11.1 Å². The third-order valence-electron chi connectivity index (χ3n) is 5.92. The molecule has 1 aromatic heterocycles. The molecule has 0 saturated carbocycles. The van der Waals surface area contributed by atoms with Crippen molar-refractivity contribution in [2.75, 3.05) is 7.11 Å². The summed E-state index contributed by atoms with van der Waals surface area (Å²) in [6.07, 6.45) is 1.59. The van der Waals surface area contributed by atoms with Gasteiger partial charge in [-0.2, -0.15) is 0 Å². The minimum atomic E-state index is -0.645. The maximum atomic E-state index is 13.7. The Bertz CT molecular complexity index is 1440. The summed E-state index contributed by atoms with van der Waals surface area (Å²) >= 11 is 1.32. The Hall–Kier alpha value is -3.45. The predicted octanol–water partition coefficient (Wildman–Crippen LogP) is 4.32. The SMILES string of the molecule is COc1ccc([C@@H]2C(C(=O)OC(C)C)=C(C)N=c3s/c(=C/c4ccc(C(C)C)cc4)c(=O)n32)cc1. The molecule has 0 unspecified atom stereocenters. The van der Waals surface area contributed by atoms with Crippen LogP contribution in [0.2, 0.25) is 0 Å². The Morgan fingerprint density at radius 1 is 1.06 bits per heavy atom. The molecule has 0 saturated heterocycles. The molecule has 2 heterocycles. The van der Waals surface area contributed by atoms with Crippen LogP contribution in [-0.4, -0.2) is 23.8 Å². The Morgan fingerprint density at radius 3 is 2.29 bits per heavy atom. The van der Waals surface area contributed by atoms with Gasteiger partial charge in [-0.15, -0.1) is 0 Å². The Balaban J connectivity index is 1.88. The van der Waals surface area contributed by atoms with Crippen LogP contribution in [0.1, 0.15) is 63.3 Å². The average Bonchev–Trinajstić information content (AvgIpc) is 3.12. The molecular formula is C28H30N2O4S. The number of fused-ring (bicyclic) bond motifs is 1. The van der Waals surface area contributed by atoms with Gasteiger partial charge in [0.25, 0.3) is 5.56 Å². The van der Waals surface area contributed by atoms with E-state index >= 15 is 0 Å². The van der Waals surface area contributed by atoms with Gasteiger partial charge in [0.2, 0.25) is 0 Å². The summed E-state index contributed by atoms with van der Waals surface area (Å²) in [5.41, 5.74) is 3.69. The summed E-state index contributed by atoms with van der Waals surface area (Å²) < 4.78 is 13.0. The van der Waals surface area contributed by atoms with E-state index in [4.69, 9.17) is 9.47 Å². The highest BCUT2D eigenvalue weighted by molar-refractivity contribution is 7.07. The molecule has 0 N–H and O–H groups in total. The number of carbonyl (C=O) groups is 1. The molecule has 0 radical (unpaired) electrons. The molecule has 0 amide bonds. The number of benzene rings is 2. The lowest BCUT2D eigenvalue weighted by Gasteiger charge is -2.25. The number of nitrogens with zero attached hydrogens (tertiary/aromatic N) is 2. The van der Waals surface area contributed by atoms with Gasteiger partial charge in [-0.3, -0.25) is 9.36 Å². The van der Waals surface area contributed by atoms with Crippen molar-refractivity contribution in [3.8, 4) is 5.75 Å². The molecule has 1 atom stereocenters. The number of allylic oxidation sites excluding steroid dienone is 1. The zero-order valence-electron chi connectivity index (χ0n) is 20.9. The van der Waals surface area contributed by atoms with Gasteiger partial charge in [-0.1, -0.05) is 61.6 Å². The van der Waals surface area contributed by atoms with Crippen LogP contribution in [0.15, 0.2) is 69.6 Å². The van der Waals surface area contributed by atoms with Crippen LogP contribution in [0.3, 0.4) is 0 Å². The molecule has 1 aliphatic heterocycles. The lowest BCUT2D eigenvalue weighted by Crippen LogP contribution is -2.40. The normalized spacial score (nSPS) is 15.9. The van der Waals surface area contributed by atoms with E-state index in [1.54, 1.807) is 32.4 Å². The number of carbonyl (C=O) groups excluding carboxylic acids is 1. The van der Waals surface area contributed by atoms with Crippen molar-refractivity contribution in [1.82, 2.24) is 4.57 Å². The number of hydrogen-bond acceptors (Lipinski definition) is 6. The van der Waals surface area contributed by atoms with Gasteiger partial charge < -0.3 is 9.47 Å². The number of rotatable bonds is 6. The van der Waals surface area contributed by atoms with Gasteiger partial charge in [0.15, 0.2) is 4.80 Å². The second-order valence-electron chi connectivity index (χ2n) is 9.13. The van der Waals surface area contributed by atoms with Crippen LogP contribution in [0.25, 0.3) is 6.08 Å². The third-order valence-corrected chi connectivity index (χ3v) is 6.90. The fourth-order valence-corrected chi connectivity index (χ4v) is 5.14. The number of hydrogen-bond donors (Lipinski definition) is 0. The zero-order valence-corrected chi connectivity index (χ0v) is 21.7. The monoisotopic (exact) mass is 490 g/mol. The van der Waals surface area contributed by atoms with Crippen LogP contribution in [-0.2, 0) is 9.53 Å². The molecule has 1 aliphatic rings. The van der Waals surface area contributed by atoms with Crippen molar-refractivity contribution in [3.63, 3.8) is 0 Å². The van der Waals surface area contributed by atoms with Crippen molar-refractivity contribution in [1.29, 1.82) is 0 Å². The zero-order chi connectivity index (χ0) is 25.3.